The van der Waals surface area contributed by atoms with Gasteiger partial charge in [-0.1, -0.05) is 59.3 Å². The number of carbonyl (C=O) groups is 1. The molecule has 0 saturated carbocycles. The van der Waals surface area contributed by atoms with Gasteiger partial charge in [-0.05, 0) is 48.9 Å². The summed E-state index contributed by atoms with van der Waals surface area (Å²) in [5.41, 5.74) is 1.98. The standard InChI is InChI=1S/C26H26ClN3O4S2/c1-3-34-17-16-30-24-22(27)10-7-11-23(24)35-26(30)28-25(31)20-12-14-21(15-13-20)36(32,33)29(2)18-19-8-5-4-6-9-19/h4-15H,3,16-18H2,1-2H3. The largest absolute Gasteiger partial charge is 0.380 e. The van der Waals surface area contributed by atoms with Gasteiger partial charge in [0.15, 0.2) is 4.80 Å². The number of carbonyl (C=O) groups excluding carboxylic acids is 1. The highest BCUT2D eigenvalue weighted by atomic mass is 35.5. The van der Waals surface area contributed by atoms with Gasteiger partial charge in [-0.3, -0.25) is 4.79 Å². The first-order valence-electron chi connectivity index (χ1n) is 11.4. The molecule has 0 aliphatic carbocycles. The Morgan fingerprint density at radius 3 is 2.47 bits per heavy atom. The van der Waals surface area contributed by atoms with E-state index in [1.807, 2.05) is 54.0 Å². The summed E-state index contributed by atoms with van der Waals surface area (Å²) < 4.78 is 35.6. The Bertz CT molecular complexity index is 1530. The minimum absolute atomic E-state index is 0.109. The van der Waals surface area contributed by atoms with Crippen LogP contribution in [-0.4, -0.2) is 43.5 Å². The zero-order chi connectivity index (χ0) is 25.7. The molecule has 0 radical (unpaired) electrons. The lowest BCUT2D eigenvalue weighted by molar-refractivity contribution is 0.0996. The van der Waals surface area contributed by atoms with E-state index >= 15 is 0 Å². The third-order valence-corrected chi connectivity index (χ3v) is 8.74. The van der Waals surface area contributed by atoms with Gasteiger partial charge in [-0.25, -0.2) is 8.42 Å². The minimum atomic E-state index is -3.72. The molecule has 0 fully saturated rings. The summed E-state index contributed by atoms with van der Waals surface area (Å²) in [7, 11) is -2.19. The van der Waals surface area contributed by atoms with Gasteiger partial charge in [0.1, 0.15) is 0 Å². The maximum atomic E-state index is 13.0. The van der Waals surface area contributed by atoms with Crippen LogP contribution in [0.3, 0.4) is 0 Å². The summed E-state index contributed by atoms with van der Waals surface area (Å²) >= 11 is 7.80. The van der Waals surface area contributed by atoms with Crippen LogP contribution in [0.2, 0.25) is 5.02 Å². The number of fused-ring (bicyclic) bond motifs is 1. The molecule has 4 aromatic rings. The molecule has 10 heteroatoms. The SMILES string of the molecule is CCOCCn1c(=NC(=O)c2ccc(S(=O)(=O)N(C)Cc3ccccc3)cc2)sc2cccc(Cl)c21. The van der Waals surface area contributed by atoms with Crippen molar-refractivity contribution in [1.29, 1.82) is 0 Å². The molecule has 36 heavy (non-hydrogen) atoms. The van der Waals surface area contributed by atoms with Crippen LogP contribution in [-0.2, 0) is 27.8 Å². The van der Waals surface area contributed by atoms with Crippen molar-refractivity contribution in [2.24, 2.45) is 4.99 Å². The molecule has 0 aliphatic heterocycles. The number of halogens is 1. The number of hydrogen-bond acceptors (Lipinski definition) is 5. The van der Waals surface area contributed by atoms with Crippen LogP contribution in [0.4, 0.5) is 0 Å². The highest BCUT2D eigenvalue weighted by Gasteiger charge is 2.21. The Labute approximate surface area is 219 Å². The first kappa shape index (κ1) is 26.2. The van der Waals surface area contributed by atoms with Gasteiger partial charge < -0.3 is 9.30 Å². The summed E-state index contributed by atoms with van der Waals surface area (Å²) in [5.74, 6) is -0.468. The molecule has 0 bridgehead atoms. The molecule has 0 saturated heterocycles. The highest BCUT2D eigenvalue weighted by Crippen LogP contribution is 2.25. The quantitative estimate of drug-likeness (QED) is 0.280. The van der Waals surface area contributed by atoms with Crippen molar-refractivity contribution in [3.8, 4) is 0 Å². The van der Waals surface area contributed by atoms with Crippen LogP contribution in [0.25, 0.3) is 10.2 Å². The van der Waals surface area contributed by atoms with E-state index in [1.54, 1.807) is 6.07 Å². The van der Waals surface area contributed by atoms with Gasteiger partial charge >= 0.3 is 0 Å². The Balaban J connectivity index is 1.60. The highest BCUT2D eigenvalue weighted by molar-refractivity contribution is 7.89. The fourth-order valence-electron chi connectivity index (χ4n) is 3.71. The van der Waals surface area contributed by atoms with Crippen LogP contribution in [0.1, 0.15) is 22.8 Å². The number of hydrogen-bond donors (Lipinski definition) is 0. The summed E-state index contributed by atoms with van der Waals surface area (Å²) in [6.07, 6.45) is 0. The van der Waals surface area contributed by atoms with Crippen molar-refractivity contribution in [2.45, 2.75) is 24.9 Å². The predicted octanol–water partition coefficient (Wildman–Crippen LogP) is 4.95. The Morgan fingerprint density at radius 2 is 1.78 bits per heavy atom. The number of sulfonamides is 1. The normalized spacial score (nSPS) is 12.5. The summed E-state index contributed by atoms with van der Waals surface area (Å²) in [6.45, 7) is 3.70. The number of para-hydroxylation sites is 1. The molecule has 7 nitrogen and oxygen atoms in total. The molecule has 1 amide bonds. The third-order valence-electron chi connectivity index (χ3n) is 5.57. The first-order valence-corrected chi connectivity index (χ1v) is 14.0. The van der Waals surface area contributed by atoms with Crippen molar-refractivity contribution < 1.29 is 17.9 Å². The summed E-state index contributed by atoms with van der Waals surface area (Å²) in [5, 5.41) is 0.573. The smallest absolute Gasteiger partial charge is 0.279 e. The van der Waals surface area contributed by atoms with Gasteiger partial charge in [0.05, 0.1) is 26.7 Å². The molecule has 3 aromatic carbocycles. The predicted molar refractivity (Wildman–Crippen MR) is 143 cm³/mol. The zero-order valence-electron chi connectivity index (χ0n) is 19.9. The van der Waals surface area contributed by atoms with Gasteiger partial charge in [0.25, 0.3) is 5.91 Å². The monoisotopic (exact) mass is 543 g/mol. The molecule has 0 unspecified atom stereocenters. The fourth-order valence-corrected chi connectivity index (χ4v) is 6.28. The van der Waals surface area contributed by atoms with E-state index in [4.69, 9.17) is 16.3 Å². The molecule has 0 aliphatic rings. The van der Waals surface area contributed by atoms with Crippen molar-refractivity contribution in [1.82, 2.24) is 8.87 Å². The lowest BCUT2D eigenvalue weighted by Crippen LogP contribution is -2.26. The van der Waals surface area contributed by atoms with Crippen molar-refractivity contribution in [2.75, 3.05) is 20.3 Å². The number of thiazole rings is 1. The van der Waals surface area contributed by atoms with Crippen LogP contribution in [0.5, 0.6) is 0 Å². The van der Waals surface area contributed by atoms with Crippen molar-refractivity contribution >= 4 is 49.1 Å². The van der Waals surface area contributed by atoms with Crippen molar-refractivity contribution in [3.63, 3.8) is 0 Å². The minimum Gasteiger partial charge on any atom is -0.380 e. The van der Waals surface area contributed by atoms with E-state index in [1.165, 1.54) is 47.0 Å². The lowest BCUT2D eigenvalue weighted by atomic mass is 10.2. The van der Waals surface area contributed by atoms with Crippen LogP contribution in [0.15, 0.2) is 82.7 Å². The number of benzene rings is 3. The average Bonchev–Trinajstić information content (AvgIpc) is 3.23. The number of ether oxygens (including phenoxy) is 1. The number of aromatic nitrogens is 1. The molecule has 0 atom stereocenters. The van der Waals surface area contributed by atoms with E-state index < -0.39 is 15.9 Å². The van der Waals surface area contributed by atoms with E-state index in [2.05, 4.69) is 4.99 Å². The van der Waals surface area contributed by atoms with Crippen molar-refractivity contribution in [3.05, 3.63) is 93.7 Å². The second kappa shape index (κ2) is 11.5. The molecule has 1 heterocycles. The Morgan fingerprint density at radius 1 is 1.06 bits per heavy atom. The summed E-state index contributed by atoms with van der Waals surface area (Å²) in [4.78, 5) is 17.9. The van der Waals surface area contributed by atoms with Crippen LogP contribution < -0.4 is 4.80 Å². The van der Waals surface area contributed by atoms with E-state index in [-0.39, 0.29) is 11.4 Å². The second-order valence-corrected chi connectivity index (χ2v) is 11.5. The fraction of sp³-hybridized carbons (Fsp3) is 0.231. The lowest BCUT2D eigenvalue weighted by Gasteiger charge is -2.17. The molecular weight excluding hydrogens is 518 g/mol. The molecule has 1 aromatic heterocycles. The van der Waals surface area contributed by atoms with Gasteiger partial charge in [0, 0.05) is 32.3 Å². The average molecular weight is 544 g/mol. The van der Waals surface area contributed by atoms with Crippen LogP contribution >= 0.6 is 22.9 Å². The van der Waals surface area contributed by atoms with Gasteiger partial charge in [-0.2, -0.15) is 9.30 Å². The third kappa shape index (κ3) is 5.77. The molecule has 0 N–H and O–H groups in total. The van der Waals surface area contributed by atoms with Gasteiger partial charge in [0.2, 0.25) is 10.0 Å². The number of rotatable bonds is 9. The Hall–Kier alpha value is -2.82. The van der Waals surface area contributed by atoms with Crippen LogP contribution in [0, 0.1) is 0 Å². The van der Waals surface area contributed by atoms with E-state index in [9.17, 15) is 13.2 Å². The zero-order valence-corrected chi connectivity index (χ0v) is 22.3. The second-order valence-electron chi connectivity index (χ2n) is 8.01. The van der Waals surface area contributed by atoms with Gasteiger partial charge in [-0.15, -0.1) is 0 Å². The number of amides is 1. The molecule has 4 rings (SSSR count). The molecule has 188 valence electrons. The molecule has 0 spiro atoms. The topological polar surface area (TPSA) is 81.0 Å². The maximum absolute atomic E-state index is 13.0. The molecular formula is C26H26ClN3O4S2. The maximum Gasteiger partial charge on any atom is 0.279 e. The summed E-state index contributed by atoms with van der Waals surface area (Å²) in [6, 6.07) is 20.8. The first-order chi connectivity index (χ1) is 17.3. The Kier molecular flexibility index (Phi) is 8.38. The number of nitrogens with zero attached hydrogens (tertiary/aromatic N) is 3. The van der Waals surface area contributed by atoms with E-state index in [0.717, 1.165) is 15.8 Å². The van der Waals surface area contributed by atoms with E-state index in [0.29, 0.717) is 35.1 Å².